The minimum atomic E-state index is -0.921. The Labute approximate surface area is 119 Å². The van der Waals surface area contributed by atoms with Crippen molar-refractivity contribution in [3.05, 3.63) is 23.7 Å². The molecule has 0 fully saturated rings. The summed E-state index contributed by atoms with van der Waals surface area (Å²) in [6.45, 7) is 4.77. The second-order valence-electron chi connectivity index (χ2n) is 4.87. The van der Waals surface area contributed by atoms with Gasteiger partial charge in [-0.1, -0.05) is 6.92 Å². The Bertz CT molecular complexity index is 456. The summed E-state index contributed by atoms with van der Waals surface area (Å²) in [6, 6.07) is 3.68. The maximum atomic E-state index is 12.1. The minimum Gasteiger partial charge on any atom is -0.480 e. The molecular weight excluding hydrogens is 260 g/mol. The monoisotopic (exact) mass is 282 g/mol. The van der Waals surface area contributed by atoms with E-state index in [-0.39, 0.29) is 19.0 Å². The lowest BCUT2D eigenvalue weighted by Crippen LogP contribution is -2.40. The average Bonchev–Trinajstić information content (AvgIpc) is 2.74. The molecule has 20 heavy (non-hydrogen) atoms. The van der Waals surface area contributed by atoms with Crippen molar-refractivity contribution in [2.24, 2.45) is 0 Å². The van der Waals surface area contributed by atoms with Crippen molar-refractivity contribution in [2.75, 3.05) is 26.7 Å². The van der Waals surface area contributed by atoms with E-state index in [9.17, 15) is 9.59 Å². The van der Waals surface area contributed by atoms with Crippen molar-refractivity contribution in [3.63, 3.8) is 0 Å². The van der Waals surface area contributed by atoms with Gasteiger partial charge < -0.3 is 14.4 Å². The van der Waals surface area contributed by atoms with Gasteiger partial charge >= 0.3 is 5.97 Å². The van der Waals surface area contributed by atoms with Gasteiger partial charge in [0.25, 0.3) is 0 Å². The van der Waals surface area contributed by atoms with Gasteiger partial charge in [-0.15, -0.1) is 0 Å². The number of carboxylic acids is 1. The molecular formula is C14H22N2O4. The first kappa shape index (κ1) is 16.2. The molecule has 0 aliphatic carbocycles. The van der Waals surface area contributed by atoms with E-state index in [1.54, 1.807) is 16.8 Å². The van der Waals surface area contributed by atoms with E-state index in [2.05, 4.69) is 0 Å². The third-order valence-electron chi connectivity index (χ3n) is 2.87. The second-order valence-corrected chi connectivity index (χ2v) is 4.87. The van der Waals surface area contributed by atoms with Gasteiger partial charge in [-0.3, -0.25) is 14.5 Å². The molecule has 0 saturated heterocycles. The summed E-state index contributed by atoms with van der Waals surface area (Å²) in [5.74, 6) is 0.488. The number of aliphatic carboxylic acids is 1. The predicted octanol–water partition coefficient (Wildman–Crippen LogP) is 1.34. The van der Waals surface area contributed by atoms with Crippen molar-refractivity contribution in [1.82, 2.24) is 9.80 Å². The van der Waals surface area contributed by atoms with Gasteiger partial charge in [-0.2, -0.15) is 0 Å². The molecule has 0 aliphatic rings. The van der Waals surface area contributed by atoms with Gasteiger partial charge in [0.05, 0.1) is 19.6 Å². The van der Waals surface area contributed by atoms with Crippen LogP contribution in [0, 0.1) is 6.92 Å². The summed E-state index contributed by atoms with van der Waals surface area (Å²) >= 11 is 0. The summed E-state index contributed by atoms with van der Waals surface area (Å²) in [4.78, 5) is 26.0. The Morgan fingerprint density at radius 3 is 2.50 bits per heavy atom. The van der Waals surface area contributed by atoms with Crippen molar-refractivity contribution in [3.8, 4) is 0 Å². The van der Waals surface area contributed by atoms with Gasteiger partial charge in [0.1, 0.15) is 11.5 Å². The molecule has 6 heteroatoms. The lowest BCUT2D eigenvalue weighted by atomic mass is 10.3. The number of likely N-dealkylation sites (N-methyl/N-ethyl adjacent to an activating group) is 1. The molecule has 6 nitrogen and oxygen atoms in total. The van der Waals surface area contributed by atoms with Crippen molar-refractivity contribution in [2.45, 2.75) is 26.8 Å². The van der Waals surface area contributed by atoms with Crippen LogP contribution in [0.4, 0.5) is 0 Å². The maximum absolute atomic E-state index is 12.1. The molecule has 1 aromatic heterocycles. The Hall–Kier alpha value is -1.82. The van der Waals surface area contributed by atoms with Gasteiger partial charge in [0.15, 0.2) is 0 Å². The van der Waals surface area contributed by atoms with E-state index in [4.69, 9.17) is 9.52 Å². The van der Waals surface area contributed by atoms with Crippen molar-refractivity contribution < 1.29 is 19.1 Å². The number of hydrogen-bond acceptors (Lipinski definition) is 4. The quantitative estimate of drug-likeness (QED) is 0.779. The van der Waals surface area contributed by atoms with Crippen molar-refractivity contribution in [1.29, 1.82) is 0 Å². The summed E-state index contributed by atoms with van der Waals surface area (Å²) in [5.41, 5.74) is 0. The fraction of sp³-hybridized carbons (Fsp3) is 0.571. The third-order valence-corrected chi connectivity index (χ3v) is 2.87. The fourth-order valence-electron chi connectivity index (χ4n) is 1.93. The summed E-state index contributed by atoms with van der Waals surface area (Å²) in [5, 5.41) is 8.82. The van der Waals surface area contributed by atoms with Gasteiger partial charge in [-0.05, 0) is 32.0 Å². The summed E-state index contributed by atoms with van der Waals surface area (Å²) in [6.07, 6.45) is 0.807. The van der Waals surface area contributed by atoms with Gasteiger partial charge in [0, 0.05) is 7.05 Å². The van der Waals surface area contributed by atoms with Crippen LogP contribution in [-0.4, -0.2) is 53.5 Å². The van der Waals surface area contributed by atoms with Crippen LogP contribution in [0.2, 0.25) is 0 Å². The molecule has 0 aliphatic heterocycles. The molecule has 112 valence electrons. The normalized spacial score (nSPS) is 10.8. The number of carbonyl (C=O) groups excluding carboxylic acids is 1. The molecule has 1 heterocycles. The smallest absolute Gasteiger partial charge is 0.317 e. The highest BCUT2D eigenvalue weighted by atomic mass is 16.4. The highest BCUT2D eigenvalue weighted by Gasteiger charge is 2.17. The Balaban J connectivity index is 2.52. The highest BCUT2D eigenvalue weighted by molar-refractivity contribution is 5.78. The molecule has 1 N–H and O–H groups in total. The van der Waals surface area contributed by atoms with Crippen LogP contribution >= 0.6 is 0 Å². The highest BCUT2D eigenvalue weighted by Crippen LogP contribution is 2.09. The lowest BCUT2D eigenvalue weighted by molar-refractivity contribution is -0.139. The zero-order valence-corrected chi connectivity index (χ0v) is 12.3. The molecule has 1 amide bonds. The van der Waals surface area contributed by atoms with Crippen LogP contribution in [0.1, 0.15) is 24.9 Å². The molecule has 0 bridgehead atoms. The summed E-state index contributed by atoms with van der Waals surface area (Å²) < 4.78 is 5.42. The number of carboxylic acid groups (broad SMARTS) is 1. The van der Waals surface area contributed by atoms with Gasteiger partial charge in [0.2, 0.25) is 5.91 Å². The average molecular weight is 282 g/mol. The molecule has 0 unspecified atom stereocenters. The van der Waals surface area contributed by atoms with E-state index in [1.807, 2.05) is 26.0 Å². The molecule has 0 spiro atoms. The van der Waals surface area contributed by atoms with Crippen LogP contribution in [0.3, 0.4) is 0 Å². The van der Waals surface area contributed by atoms with Crippen molar-refractivity contribution >= 4 is 11.9 Å². The van der Waals surface area contributed by atoms with E-state index in [1.165, 1.54) is 0 Å². The number of nitrogens with zero attached hydrogens (tertiary/aromatic N) is 2. The van der Waals surface area contributed by atoms with Crippen LogP contribution in [0.25, 0.3) is 0 Å². The first-order valence-electron chi connectivity index (χ1n) is 6.65. The number of furan rings is 1. The Morgan fingerprint density at radius 1 is 1.30 bits per heavy atom. The number of amides is 1. The topological polar surface area (TPSA) is 74.0 Å². The zero-order chi connectivity index (χ0) is 15.1. The van der Waals surface area contributed by atoms with Crippen LogP contribution in [0.15, 0.2) is 16.5 Å². The molecule has 1 aromatic rings. The predicted molar refractivity (Wildman–Crippen MR) is 74.3 cm³/mol. The molecule has 0 saturated carbocycles. The van der Waals surface area contributed by atoms with E-state index >= 15 is 0 Å². The Kier molecular flexibility index (Phi) is 6.24. The minimum absolute atomic E-state index is 0.107. The SMILES string of the molecule is CCCN(CC(=O)O)CC(=O)N(C)Cc1ccc(C)o1. The molecule has 0 radical (unpaired) electrons. The van der Waals surface area contributed by atoms with Gasteiger partial charge in [-0.25, -0.2) is 0 Å². The maximum Gasteiger partial charge on any atom is 0.317 e. The molecule has 0 atom stereocenters. The van der Waals surface area contributed by atoms with E-state index < -0.39 is 5.97 Å². The number of hydrogen-bond donors (Lipinski definition) is 1. The first-order chi connectivity index (χ1) is 9.42. The van der Waals surface area contributed by atoms with E-state index in [0.29, 0.717) is 13.1 Å². The first-order valence-corrected chi connectivity index (χ1v) is 6.65. The third kappa shape index (κ3) is 5.44. The molecule has 0 aromatic carbocycles. The fourth-order valence-corrected chi connectivity index (χ4v) is 1.93. The lowest BCUT2D eigenvalue weighted by Gasteiger charge is -2.22. The summed E-state index contributed by atoms with van der Waals surface area (Å²) in [7, 11) is 1.69. The largest absolute Gasteiger partial charge is 0.480 e. The second kappa shape index (κ2) is 7.69. The van der Waals surface area contributed by atoms with Crippen LogP contribution < -0.4 is 0 Å². The van der Waals surface area contributed by atoms with Crippen LogP contribution in [-0.2, 0) is 16.1 Å². The number of rotatable bonds is 8. The number of carbonyl (C=O) groups is 2. The zero-order valence-electron chi connectivity index (χ0n) is 12.3. The van der Waals surface area contributed by atoms with Crippen LogP contribution in [0.5, 0.6) is 0 Å². The standard InChI is InChI=1S/C14H22N2O4/c1-4-7-16(10-14(18)19)9-13(17)15(3)8-12-6-5-11(2)20-12/h5-6H,4,7-10H2,1-3H3,(H,18,19). The molecule has 1 rings (SSSR count). The number of aryl methyl sites for hydroxylation is 1. The Morgan fingerprint density at radius 2 is 2.00 bits per heavy atom. The van der Waals surface area contributed by atoms with E-state index in [0.717, 1.165) is 17.9 Å².